The van der Waals surface area contributed by atoms with Gasteiger partial charge >= 0.3 is 0 Å². The first-order chi connectivity index (χ1) is 9.33. The molecule has 0 saturated heterocycles. The monoisotopic (exact) mass is 284 g/mol. The molecule has 0 unspecified atom stereocenters. The number of carbonyl (C=O) groups is 2. The van der Waals surface area contributed by atoms with Gasteiger partial charge in [-0.05, 0) is 18.3 Å². The van der Waals surface area contributed by atoms with Crippen LogP contribution in [0.25, 0.3) is 0 Å². The predicted molar refractivity (Wildman–Crippen MR) is 77.5 cm³/mol. The lowest BCUT2D eigenvalue weighted by atomic mass is 9.98. The van der Waals surface area contributed by atoms with E-state index in [-0.39, 0.29) is 30.2 Å². The highest BCUT2D eigenvalue weighted by molar-refractivity contribution is 5.90. The second kappa shape index (κ2) is 9.47. The fourth-order valence-corrected chi connectivity index (χ4v) is 1.73. The zero-order valence-electron chi connectivity index (χ0n) is 12.7. The lowest BCUT2D eigenvalue weighted by molar-refractivity contribution is -0.130. The van der Waals surface area contributed by atoms with E-state index < -0.39 is 12.1 Å². The number of carbonyl (C=O) groups excluding carboxylic acids is 3. The average Bonchev–Trinajstić information content (AvgIpc) is 2.41. The average molecular weight is 284 g/mol. The number of hydrogen-bond donors (Lipinski definition) is 3. The number of nitrogens with one attached hydrogen (secondary N) is 2. The molecule has 0 fully saturated rings. The van der Waals surface area contributed by atoms with E-state index in [1.54, 1.807) is 6.29 Å². The van der Waals surface area contributed by atoms with E-state index in [4.69, 9.17) is 5.73 Å². The second-order valence-corrected chi connectivity index (χ2v) is 5.46. The van der Waals surface area contributed by atoms with Gasteiger partial charge < -0.3 is 16.4 Å². The van der Waals surface area contributed by atoms with E-state index in [0.29, 0.717) is 6.42 Å². The van der Waals surface area contributed by atoms with Gasteiger partial charge in [0.05, 0.1) is 12.6 Å². The molecule has 2 amide bonds. The molecule has 0 bridgehead atoms. The van der Waals surface area contributed by atoms with E-state index in [2.05, 4.69) is 10.6 Å². The highest BCUT2D eigenvalue weighted by atomic mass is 16.2. The van der Waals surface area contributed by atoms with Gasteiger partial charge in [-0.3, -0.25) is 14.4 Å². The summed E-state index contributed by atoms with van der Waals surface area (Å²) in [5, 5.41) is 5.07. The summed E-state index contributed by atoms with van der Waals surface area (Å²) in [6.45, 7) is 7.57. The SMILES string of the molecule is CC[C@H](C)[C@H](N)C(=O)N[C@@H](CC(C)C)C(=O)NC[C]=O. The highest BCUT2D eigenvalue weighted by Gasteiger charge is 2.26. The van der Waals surface area contributed by atoms with Crippen LogP contribution in [0, 0.1) is 11.8 Å². The zero-order chi connectivity index (χ0) is 15.7. The van der Waals surface area contributed by atoms with Crippen molar-refractivity contribution < 1.29 is 14.4 Å². The van der Waals surface area contributed by atoms with Crippen molar-refractivity contribution >= 4 is 18.1 Å². The molecule has 0 aromatic rings. The van der Waals surface area contributed by atoms with Crippen LogP contribution in [0.4, 0.5) is 0 Å². The molecule has 115 valence electrons. The van der Waals surface area contributed by atoms with Crippen LogP contribution < -0.4 is 16.4 Å². The Kier molecular flexibility index (Phi) is 8.79. The second-order valence-electron chi connectivity index (χ2n) is 5.46. The van der Waals surface area contributed by atoms with Crippen molar-refractivity contribution in [3.05, 3.63) is 0 Å². The van der Waals surface area contributed by atoms with Gasteiger partial charge in [-0.25, -0.2) is 0 Å². The normalized spacial score (nSPS) is 15.3. The maximum absolute atomic E-state index is 12.0. The van der Waals surface area contributed by atoms with E-state index in [0.717, 1.165) is 6.42 Å². The number of nitrogens with two attached hydrogens (primary N) is 1. The van der Waals surface area contributed by atoms with E-state index >= 15 is 0 Å². The molecule has 0 aromatic heterocycles. The van der Waals surface area contributed by atoms with Gasteiger partial charge in [-0.1, -0.05) is 34.1 Å². The maximum Gasteiger partial charge on any atom is 0.242 e. The van der Waals surface area contributed by atoms with E-state index in [1.807, 2.05) is 27.7 Å². The third-order valence-electron chi connectivity index (χ3n) is 3.23. The first kappa shape index (κ1) is 18.6. The number of hydrogen-bond acceptors (Lipinski definition) is 4. The van der Waals surface area contributed by atoms with Gasteiger partial charge in [0.1, 0.15) is 6.04 Å². The molecule has 0 aliphatic heterocycles. The van der Waals surface area contributed by atoms with Gasteiger partial charge in [-0.2, -0.15) is 0 Å². The van der Waals surface area contributed by atoms with Crippen LogP contribution in [0.3, 0.4) is 0 Å². The Balaban J connectivity index is 4.67. The lowest BCUT2D eigenvalue weighted by Gasteiger charge is -2.23. The Hall–Kier alpha value is -1.43. The van der Waals surface area contributed by atoms with Crippen molar-refractivity contribution in [2.75, 3.05) is 6.54 Å². The summed E-state index contributed by atoms with van der Waals surface area (Å²) in [5.41, 5.74) is 5.84. The largest absolute Gasteiger partial charge is 0.347 e. The molecular formula is C14H26N3O3. The Labute approximate surface area is 120 Å². The number of rotatable bonds is 9. The third-order valence-corrected chi connectivity index (χ3v) is 3.23. The third kappa shape index (κ3) is 6.65. The van der Waals surface area contributed by atoms with Gasteiger partial charge in [0, 0.05) is 0 Å². The molecule has 0 spiro atoms. The van der Waals surface area contributed by atoms with Crippen LogP contribution in [0.15, 0.2) is 0 Å². The summed E-state index contributed by atoms with van der Waals surface area (Å²) < 4.78 is 0. The highest BCUT2D eigenvalue weighted by Crippen LogP contribution is 2.08. The molecule has 0 aliphatic rings. The minimum Gasteiger partial charge on any atom is -0.347 e. The zero-order valence-corrected chi connectivity index (χ0v) is 12.7. The quantitative estimate of drug-likeness (QED) is 0.559. The summed E-state index contributed by atoms with van der Waals surface area (Å²) in [7, 11) is 0. The maximum atomic E-state index is 12.0. The first-order valence-corrected chi connectivity index (χ1v) is 7.02. The van der Waals surface area contributed by atoms with Crippen LogP contribution in [-0.2, 0) is 14.4 Å². The van der Waals surface area contributed by atoms with Gasteiger partial charge in [0.2, 0.25) is 18.1 Å². The van der Waals surface area contributed by atoms with E-state index in [1.165, 1.54) is 0 Å². The van der Waals surface area contributed by atoms with E-state index in [9.17, 15) is 14.4 Å². The Morgan fingerprint density at radius 1 is 1.20 bits per heavy atom. The molecule has 1 radical (unpaired) electrons. The molecule has 0 heterocycles. The Bertz CT molecular complexity index is 332. The summed E-state index contributed by atoms with van der Waals surface area (Å²) in [4.78, 5) is 34.1. The molecule has 0 rings (SSSR count). The number of amides is 2. The van der Waals surface area contributed by atoms with Gasteiger partial charge in [0.15, 0.2) is 0 Å². The molecule has 0 saturated carbocycles. The standard InChI is InChI=1S/C14H26N3O3/c1-5-10(4)12(15)14(20)17-11(8-9(2)3)13(19)16-6-7-18/h9-12H,5-6,8,15H2,1-4H3,(H,16,19)(H,17,20)/t10-,11-,12-/m0/s1. The molecule has 4 N–H and O–H groups in total. The van der Waals surface area contributed by atoms with Crippen LogP contribution in [0.5, 0.6) is 0 Å². The molecule has 0 aromatic carbocycles. The minimum atomic E-state index is -0.675. The Morgan fingerprint density at radius 2 is 1.80 bits per heavy atom. The molecule has 6 heteroatoms. The van der Waals surface area contributed by atoms with Crippen molar-refractivity contribution in [3.8, 4) is 0 Å². The van der Waals surface area contributed by atoms with Gasteiger partial charge in [-0.15, -0.1) is 0 Å². The van der Waals surface area contributed by atoms with Gasteiger partial charge in [0.25, 0.3) is 0 Å². The van der Waals surface area contributed by atoms with Crippen molar-refractivity contribution in [3.63, 3.8) is 0 Å². The topological polar surface area (TPSA) is 101 Å². The summed E-state index contributed by atoms with van der Waals surface area (Å²) >= 11 is 0. The smallest absolute Gasteiger partial charge is 0.242 e. The van der Waals surface area contributed by atoms with Crippen molar-refractivity contribution in [1.82, 2.24) is 10.6 Å². The minimum absolute atomic E-state index is 0.0427. The van der Waals surface area contributed by atoms with Crippen molar-refractivity contribution in [1.29, 1.82) is 0 Å². The van der Waals surface area contributed by atoms with Crippen LogP contribution in [0.2, 0.25) is 0 Å². The Morgan fingerprint density at radius 3 is 2.25 bits per heavy atom. The van der Waals surface area contributed by atoms with Crippen LogP contribution in [-0.4, -0.2) is 36.7 Å². The fraction of sp³-hybridized carbons (Fsp3) is 0.786. The predicted octanol–water partition coefficient (Wildman–Crippen LogP) is 0.117. The van der Waals surface area contributed by atoms with Crippen LogP contribution >= 0.6 is 0 Å². The van der Waals surface area contributed by atoms with Crippen molar-refractivity contribution in [2.45, 2.75) is 52.6 Å². The lowest BCUT2D eigenvalue weighted by Crippen LogP contribution is -2.53. The molecular weight excluding hydrogens is 258 g/mol. The first-order valence-electron chi connectivity index (χ1n) is 7.02. The van der Waals surface area contributed by atoms with Crippen LogP contribution in [0.1, 0.15) is 40.5 Å². The van der Waals surface area contributed by atoms with Crippen molar-refractivity contribution in [2.24, 2.45) is 17.6 Å². The molecule has 20 heavy (non-hydrogen) atoms. The molecule has 0 aliphatic carbocycles. The summed E-state index contributed by atoms with van der Waals surface area (Å²) in [6.07, 6.45) is 2.87. The fourth-order valence-electron chi connectivity index (χ4n) is 1.73. The summed E-state index contributed by atoms with van der Waals surface area (Å²) in [6, 6.07) is -1.31. The summed E-state index contributed by atoms with van der Waals surface area (Å²) in [5.74, 6) is -0.450. The molecule has 6 nitrogen and oxygen atoms in total. The molecule has 3 atom stereocenters.